The largest absolute Gasteiger partial charge is 0.478 e. The third kappa shape index (κ3) is 9.34. The minimum Gasteiger partial charge on any atom is -0.478 e. The highest BCUT2D eigenvalue weighted by atomic mass is 16.5. The molecule has 0 amide bonds. The van der Waals surface area contributed by atoms with Gasteiger partial charge >= 0.3 is 0 Å². The van der Waals surface area contributed by atoms with Crippen molar-refractivity contribution in [2.24, 2.45) is 46.7 Å². The van der Waals surface area contributed by atoms with E-state index in [4.69, 9.17) is 10.5 Å². The Labute approximate surface area is 273 Å². The summed E-state index contributed by atoms with van der Waals surface area (Å²) in [5.74, 6) is 3.95. The number of piperidine rings is 1. The number of fused-ring (bicyclic) bond motifs is 1. The van der Waals surface area contributed by atoms with Crippen LogP contribution in [0.5, 0.6) is 0 Å². The van der Waals surface area contributed by atoms with Crippen LogP contribution in [0.25, 0.3) is 0 Å². The van der Waals surface area contributed by atoms with Crippen LogP contribution in [0.3, 0.4) is 0 Å². The van der Waals surface area contributed by atoms with Gasteiger partial charge in [-0.3, -0.25) is 4.79 Å². The molecule has 6 N–H and O–H groups in total. The zero-order valence-electron chi connectivity index (χ0n) is 29.0. The second kappa shape index (κ2) is 14.3. The third-order valence-corrected chi connectivity index (χ3v) is 10.4. The second-order valence-electron chi connectivity index (χ2n) is 15.8. The molecule has 4 fully saturated rings. The predicted octanol–water partition coefficient (Wildman–Crippen LogP) is 5.00. The zero-order chi connectivity index (χ0) is 33.2. The van der Waals surface area contributed by atoms with E-state index in [1.165, 1.54) is 25.7 Å². The molecule has 8 heteroatoms. The minimum absolute atomic E-state index is 0.00650. The quantitative estimate of drug-likeness (QED) is 0.0901. The Balaban J connectivity index is 1.37. The van der Waals surface area contributed by atoms with Crippen LogP contribution < -0.4 is 27.0 Å². The van der Waals surface area contributed by atoms with Gasteiger partial charge in [-0.2, -0.15) is 0 Å². The smallest absolute Gasteiger partial charge is 0.199 e. The topological polar surface area (TPSA) is 104 Å². The van der Waals surface area contributed by atoms with E-state index in [0.29, 0.717) is 48.6 Å². The summed E-state index contributed by atoms with van der Waals surface area (Å²) in [6.07, 6.45) is 5.70. The van der Waals surface area contributed by atoms with Gasteiger partial charge in [0.15, 0.2) is 11.7 Å². The summed E-state index contributed by atoms with van der Waals surface area (Å²) in [7, 11) is 0. The Morgan fingerprint density at radius 3 is 2.22 bits per heavy atom. The highest BCUT2D eigenvalue weighted by Crippen LogP contribution is 2.57. The molecule has 7 atom stereocenters. The van der Waals surface area contributed by atoms with E-state index >= 15 is 0 Å². The standard InChI is InChI=1S/C37H62N6O2/c1-21(2)32(20-45-27(8)39-18-29-14-15-29)41-22(3)17-40-36(37(9,10)11)26(7)43-19-30-23(4)33(30)34(43)25(6)42-31(16-28-12-13-28)35(44)24(5)38/h21,23,28-34,36,39-42H,3,5-8,12-20,38H2,1-2,4,9-11H3/t23?,30-,31?,32?,33+,34?,36?/m1/s1. The second-order valence-corrected chi connectivity index (χ2v) is 15.8. The van der Waals surface area contributed by atoms with Crippen LogP contribution in [0.15, 0.2) is 61.6 Å². The van der Waals surface area contributed by atoms with Crippen molar-refractivity contribution in [1.29, 1.82) is 0 Å². The van der Waals surface area contributed by atoms with Gasteiger partial charge in [0.05, 0.1) is 29.9 Å². The molecule has 3 aliphatic carbocycles. The maximum atomic E-state index is 13.0. The molecule has 0 aromatic heterocycles. The summed E-state index contributed by atoms with van der Waals surface area (Å²) in [6.45, 7) is 37.8. The maximum absolute atomic E-state index is 13.0. The van der Waals surface area contributed by atoms with Gasteiger partial charge in [-0.15, -0.1) is 0 Å². The van der Waals surface area contributed by atoms with Gasteiger partial charge in [-0.25, -0.2) is 0 Å². The van der Waals surface area contributed by atoms with Crippen LogP contribution in [0.4, 0.5) is 0 Å². The molecule has 1 heterocycles. The lowest BCUT2D eigenvalue weighted by atomic mass is 9.84. The van der Waals surface area contributed by atoms with Crippen LogP contribution >= 0.6 is 0 Å². The number of carbonyl (C=O) groups is 1. The number of nitrogens with one attached hydrogen (secondary N) is 4. The number of hydrogen-bond acceptors (Lipinski definition) is 8. The predicted molar refractivity (Wildman–Crippen MR) is 185 cm³/mol. The number of likely N-dealkylation sites (tertiary alicyclic amines) is 1. The molecular formula is C37H62N6O2. The van der Waals surface area contributed by atoms with Crippen molar-refractivity contribution in [2.45, 2.75) is 97.8 Å². The minimum atomic E-state index is -0.374. The number of nitrogens with zero attached hydrogens (tertiary/aromatic N) is 1. The average Bonchev–Trinajstić information content (AvgIpc) is 3.90. The van der Waals surface area contributed by atoms with Gasteiger partial charge < -0.3 is 36.6 Å². The average molecular weight is 623 g/mol. The van der Waals surface area contributed by atoms with E-state index in [1.54, 1.807) is 0 Å². The van der Waals surface area contributed by atoms with E-state index in [1.807, 2.05) is 0 Å². The van der Waals surface area contributed by atoms with Gasteiger partial charge in [-0.05, 0) is 66.8 Å². The lowest BCUT2D eigenvalue weighted by Crippen LogP contribution is -2.52. The summed E-state index contributed by atoms with van der Waals surface area (Å²) >= 11 is 0. The van der Waals surface area contributed by atoms with Crippen LogP contribution in [-0.4, -0.2) is 61.1 Å². The van der Waals surface area contributed by atoms with Crippen molar-refractivity contribution in [3.05, 3.63) is 61.6 Å². The van der Waals surface area contributed by atoms with E-state index in [-0.39, 0.29) is 41.1 Å². The number of ketones is 1. The normalized spacial score (nSPS) is 25.9. The maximum Gasteiger partial charge on any atom is 0.199 e. The van der Waals surface area contributed by atoms with Gasteiger partial charge in [-0.1, -0.05) is 80.7 Å². The fourth-order valence-electron chi connectivity index (χ4n) is 6.96. The van der Waals surface area contributed by atoms with Crippen molar-refractivity contribution in [2.75, 3.05) is 26.2 Å². The van der Waals surface area contributed by atoms with Gasteiger partial charge in [0, 0.05) is 36.7 Å². The molecule has 8 nitrogen and oxygen atoms in total. The molecule has 4 rings (SSSR count). The molecule has 1 aliphatic heterocycles. The summed E-state index contributed by atoms with van der Waals surface area (Å²) in [5, 5.41) is 14.2. The summed E-state index contributed by atoms with van der Waals surface area (Å²) in [6, 6.07) is -0.181. The van der Waals surface area contributed by atoms with Crippen LogP contribution in [0.1, 0.15) is 73.6 Å². The van der Waals surface area contributed by atoms with Gasteiger partial charge in [0.2, 0.25) is 0 Å². The zero-order valence-corrected chi connectivity index (χ0v) is 29.0. The lowest BCUT2D eigenvalue weighted by Gasteiger charge is -2.42. The van der Waals surface area contributed by atoms with Crippen LogP contribution in [0.2, 0.25) is 0 Å². The molecule has 5 unspecified atom stereocenters. The number of hydrogen-bond donors (Lipinski definition) is 5. The number of Topliss-reactive ketones (excluding diaryl/α,β-unsaturated/α-hetero) is 1. The fourth-order valence-corrected chi connectivity index (χ4v) is 6.96. The molecule has 0 aromatic rings. The van der Waals surface area contributed by atoms with Crippen molar-refractivity contribution < 1.29 is 9.53 Å². The molecule has 3 saturated carbocycles. The molecule has 0 spiro atoms. The highest BCUT2D eigenvalue weighted by molar-refractivity contribution is 5.98. The third-order valence-electron chi connectivity index (χ3n) is 10.4. The molecular weight excluding hydrogens is 560 g/mol. The summed E-state index contributed by atoms with van der Waals surface area (Å²) in [4.78, 5) is 15.4. The first kappa shape index (κ1) is 35.0. The SMILES string of the molecule is C=C(CNC(C(=C)N1C[C@@H]2C(C)[C@@H]2C1C(=C)NC(CC1CC1)C(=O)C(=C)N)C(C)(C)C)NC(COC(=C)NCC1CC1)C(C)C. The van der Waals surface area contributed by atoms with E-state index in [0.717, 1.165) is 42.5 Å². The number of nitrogens with two attached hydrogens (primary N) is 1. The molecule has 0 bridgehead atoms. The van der Waals surface area contributed by atoms with E-state index in [9.17, 15) is 4.79 Å². The first-order valence-corrected chi connectivity index (χ1v) is 17.2. The van der Waals surface area contributed by atoms with Crippen LogP contribution in [-0.2, 0) is 9.53 Å². The van der Waals surface area contributed by atoms with Crippen molar-refractivity contribution in [1.82, 2.24) is 26.2 Å². The van der Waals surface area contributed by atoms with Crippen molar-refractivity contribution >= 4 is 5.78 Å². The molecule has 45 heavy (non-hydrogen) atoms. The molecule has 1 saturated heterocycles. The van der Waals surface area contributed by atoms with Gasteiger partial charge in [0.25, 0.3) is 0 Å². The summed E-state index contributed by atoms with van der Waals surface area (Å²) in [5.41, 5.74) is 8.74. The van der Waals surface area contributed by atoms with Crippen molar-refractivity contribution in [3.63, 3.8) is 0 Å². The number of rotatable bonds is 21. The van der Waals surface area contributed by atoms with Crippen LogP contribution in [0, 0.1) is 40.9 Å². The van der Waals surface area contributed by atoms with Crippen molar-refractivity contribution in [3.8, 4) is 0 Å². The fraction of sp³-hybridized carbons (Fsp3) is 0.703. The van der Waals surface area contributed by atoms with E-state index in [2.05, 4.69) is 101 Å². The molecule has 252 valence electrons. The Kier molecular flexibility index (Phi) is 11.1. The Morgan fingerprint density at radius 1 is 1.02 bits per heavy atom. The number of ether oxygens (including phenoxy) is 1. The molecule has 0 radical (unpaired) electrons. The van der Waals surface area contributed by atoms with Gasteiger partial charge in [0.1, 0.15) is 6.61 Å². The molecule has 4 aliphatic rings. The lowest BCUT2D eigenvalue weighted by molar-refractivity contribution is -0.117. The monoisotopic (exact) mass is 622 g/mol. The first-order chi connectivity index (χ1) is 21.1. The highest BCUT2D eigenvalue weighted by Gasteiger charge is 2.60. The summed E-state index contributed by atoms with van der Waals surface area (Å²) < 4.78 is 5.97. The molecule has 0 aromatic carbocycles. The Morgan fingerprint density at radius 2 is 1.67 bits per heavy atom. The number of carbonyl (C=O) groups excluding carboxylic acids is 1. The first-order valence-electron chi connectivity index (χ1n) is 17.2. The van der Waals surface area contributed by atoms with E-state index < -0.39 is 0 Å². The Hall–Kier alpha value is -2.87. The Bertz CT molecular complexity index is 1150.